The summed E-state index contributed by atoms with van der Waals surface area (Å²) in [5.74, 6) is 2.66. The summed E-state index contributed by atoms with van der Waals surface area (Å²) in [6.45, 7) is 8.35. The maximum Gasteiger partial charge on any atom is 0.233 e. The van der Waals surface area contributed by atoms with Crippen molar-refractivity contribution in [1.29, 1.82) is 0 Å². The molecule has 3 heterocycles. The van der Waals surface area contributed by atoms with Gasteiger partial charge in [-0.05, 0) is 37.6 Å². The first-order valence-electron chi connectivity index (χ1n) is 11.4. The zero-order valence-corrected chi connectivity index (χ0v) is 21.0. The normalized spacial score (nSPS) is 11.7. The van der Waals surface area contributed by atoms with Crippen molar-refractivity contribution >= 4 is 11.8 Å². The maximum atomic E-state index is 5.69. The standard InChI is InChI=1S/C27H26N6OS/c1-18-9-11-20(12-10-18)23-29-25(34-32-23)27(3,4)17-35-26-31-30-24(21-13-15-28-16-14-21)33(26)22-8-6-5-7-19(22)2/h5-16H,17H2,1-4H3. The molecule has 0 aliphatic carbocycles. The number of pyridine rings is 1. The molecule has 5 aromatic rings. The van der Waals surface area contributed by atoms with Crippen molar-refractivity contribution < 1.29 is 4.52 Å². The third kappa shape index (κ3) is 4.74. The van der Waals surface area contributed by atoms with E-state index in [4.69, 9.17) is 9.51 Å². The zero-order chi connectivity index (χ0) is 24.4. The molecule has 0 atom stereocenters. The molecule has 7 nitrogen and oxygen atoms in total. The molecule has 0 bridgehead atoms. The van der Waals surface area contributed by atoms with E-state index in [1.165, 1.54) is 5.56 Å². The molecule has 0 N–H and O–H groups in total. The van der Waals surface area contributed by atoms with Crippen LogP contribution in [0.25, 0.3) is 28.5 Å². The molecular formula is C27H26N6OS. The topological polar surface area (TPSA) is 82.5 Å². The molecule has 0 fully saturated rings. The lowest BCUT2D eigenvalue weighted by Crippen LogP contribution is -2.21. The van der Waals surface area contributed by atoms with E-state index in [1.54, 1.807) is 24.2 Å². The molecule has 0 aliphatic heterocycles. The number of benzene rings is 2. The molecule has 0 aliphatic rings. The Morgan fingerprint density at radius 1 is 0.886 bits per heavy atom. The molecule has 0 saturated carbocycles. The summed E-state index contributed by atoms with van der Waals surface area (Å²) in [5, 5.41) is 14.1. The van der Waals surface area contributed by atoms with E-state index in [2.05, 4.69) is 64.7 Å². The van der Waals surface area contributed by atoms with Gasteiger partial charge in [-0.3, -0.25) is 9.55 Å². The molecule has 0 unspecified atom stereocenters. The number of hydrogen-bond donors (Lipinski definition) is 0. The van der Waals surface area contributed by atoms with Crippen LogP contribution in [0.15, 0.2) is 82.7 Å². The minimum Gasteiger partial charge on any atom is -0.338 e. The fourth-order valence-electron chi connectivity index (χ4n) is 3.71. The van der Waals surface area contributed by atoms with Gasteiger partial charge in [0, 0.05) is 29.3 Å². The quantitative estimate of drug-likeness (QED) is 0.261. The highest BCUT2D eigenvalue weighted by Crippen LogP contribution is 2.34. The molecule has 2 aromatic carbocycles. The molecule has 0 amide bonds. The number of aromatic nitrogens is 6. The Morgan fingerprint density at radius 2 is 1.63 bits per heavy atom. The van der Waals surface area contributed by atoms with Gasteiger partial charge in [-0.1, -0.05) is 78.8 Å². The van der Waals surface area contributed by atoms with Crippen molar-refractivity contribution in [2.24, 2.45) is 0 Å². The molecule has 35 heavy (non-hydrogen) atoms. The number of aryl methyl sites for hydroxylation is 2. The van der Waals surface area contributed by atoms with Crippen molar-refractivity contribution in [3.63, 3.8) is 0 Å². The van der Waals surface area contributed by atoms with Gasteiger partial charge >= 0.3 is 0 Å². The van der Waals surface area contributed by atoms with Gasteiger partial charge in [-0.15, -0.1) is 10.2 Å². The SMILES string of the molecule is Cc1ccc(-c2noc(C(C)(C)CSc3nnc(-c4ccncc4)n3-c3ccccc3C)n2)cc1. The summed E-state index contributed by atoms with van der Waals surface area (Å²) >= 11 is 1.62. The highest BCUT2D eigenvalue weighted by atomic mass is 32.2. The molecule has 3 aromatic heterocycles. The van der Waals surface area contributed by atoms with E-state index < -0.39 is 0 Å². The molecule has 5 rings (SSSR count). The predicted octanol–water partition coefficient (Wildman–Crippen LogP) is 6.07. The second kappa shape index (κ2) is 9.46. The maximum absolute atomic E-state index is 5.69. The minimum absolute atomic E-state index is 0.375. The number of nitrogens with zero attached hydrogens (tertiary/aromatic N) is 6. The van der Waals surface area contributed by atoms with E-state index in [-0.39, 0.29) is 5.41 Å². The van der Waals surface area contributed by atoms with E-state index in [1.807, 2.05) is 48.5 Å². The van der Waals surface area contributed by atoms with Crippen LogP contribution in [0.3, 0.4) is 0 Å². The van der Waals surface area contributed by atoms with Gasteiger partial charge in [-0.2, -0.15) is 4.98 Å². The van der Waals surface area contributed by atoms with Crippen molar-refractivity contribution in [3.05, 3.63) is 90.1 Å². The molecule has 8 heteroatoms. The smallest absolute Gasteiger partial charge is 0.233 e. The summed E-state index contributed by atoms with van der Waals surface area (Å²) in [6, 6.07) is 20.3. The summed E-state index contributed by atoms with van der Waals surface area (Å²) in [6.07, 6.45) is 3.53. The highest BCUT2D eigenvalue weighted by molar-refractivity contribution is 7.99. The lowest BCUT2D eigenvalue weighted by Gasteiger charge is -2.19. The Morgan fingerprint density at radius 3 is 2.37 bits per heavy atom. The Kier molecular flexibility index (Phi) is 6.21. The van der Waals surface area contributed by atoms with Gasteiger partial charge in [0.1, 0.15) is 0 Å². The number of hydrogen-bond acceptors (Lipinski definition) is 7. The molecule has 176 valence electrons. The fraction of sp³-hybridized carbons (Fsp3) is 0.222. The average molecular weight is 483 g/mol. The summed E-state index contributed by atoms with van der Waals surface area (Å²) < 4.78 is 7.79. The van der Waals surface area contributed by atoms with Crippen LogP contribution in [0.4, 0.5) is 0 Å². The van der Waals surface area contributed by atoms with E-state index in [9.17, 15) is 0 Å². The van der Waals surface area contributed by atoms with Crippen LogP contribution in [-0.2, 0) is 5.41 Å². The molecular weight excluding hydrogens is 456 g/mol. The summed E-state index contributed by atoms with van der Waals surface area (Å²) in [7, 11) is 0. The fourth-order valence-corrected chi connectivity index (χ4v) is 4.73. The molecule has 0 saturated heterocycles. The number of thioether (sulfide) groups is 1. The Bertz CT molecular complexity index is 1440. The first-order valence-corrected chi connectivity index (χ1v) is 12.4. The largest absolute Gasteiger partial charge is 0.338 e. The van der Waals surface area contributed by atoms with E-state index >= 15 is 0 Å². The first kappa shape index (κ1) is 23.0. The van der Waals surface area contributed by atoms with Gasteiger partial charge in [0.2, 0.25) is 11.7 Å². The van der Waals surface area contributed by atoms with Crippen LogP contribution >= 0.6 is 11.8 Å². The monoisotopic (exact) mass is 482 g/mol. The van der Waals surface area contributed by atoms with E-state index in [0.717, 1.165) is 33.4 Å². The summed E-state index contributed by atoms with van der Waals surface area (Å²) in [5.41, 5.74) is 4.90. The highest BCUT2D eigenvalue weighted by Gasteiger charge is 2.30. The average Bonchev–Trinajstić information content (AvgIpc) is 3.53. The van der Waals surface area contributed by atoms with Crippen LogP contribution in [-0.4, -0.2) is 35.6 Å². The van der Waals surface area contributed by atoms with Gasteiger partial charge in [-0.25, -0.2) is 0 Å². The molecule has 0 spiro atoms. The van der Waals surface area contributed by atoms with Crippen LogP contribution in [0, 0.1) is 13.8 Å². The Labute approximate surface area is 208 Å². The lowest BCUT2D eigenvalue weighted by atomic mass is 9.96. The minimum atomic E-state index is -0.375. The van der Waals surface area contributed by atoms with Crippen molar-refractivity contribution in [3.8, 4) is 28.5 Å². The Hall–Kier alpha value is -3.78. The number of rotatable bonds is 7. The third-order valence-electron chi connectivity index (χ3n) is 5.81. The van der Waals surface area contributed by atoms with Gasteiger partial charge < -0.3 is 4.52 Å². The van der Waals surface area contributed by atoms with Gasteiger partial charge in [0.05, 0.1) is 11.1 Å². The van der Waals surface area contributed by atoms with Gasteiger partial charge in [0.25, 0.3) is 0 Å². The van der Waals surface area contributed by atoms with Gasteiger partial charge in [0.15, 0.2) is 11.0 Å². The summed E-state index contributed by atoms with van der Waals surface area (Å²) in [4.78, 5) is 8.84. The number of para-hydroxylation sites is 1. The van der Waals surface area contributed by atoms with Crippen LogP contribution < -0.4 is 0 Å². The van der Waals surface area contributed by atoms with Crippen molar-refractivity contribution in [2.45, 2.75) is 38.3 Å². The van der Waals surface area contributed by atoms with Crippen LogP contribution in [0.2, 0.25) is 0 Å². The van der Waals surface area contributed by atoms with Crippen molar-refractivity contribution in [2.75, 3.05) is 5.75 Å². The third-order valence-corrected chi connectivity index (χ3v) is 7.19. The lowest BCUT2D eigenvalue weighted by molar-refractivity contribution is 0.324. The van der Waals surface area contributed by atoms with Crippen molar-refractivity contribution in [1.82, 2.24) is 29.9 Å². The first-order chi connectivity index (χ1) is 16.9. The van der Waals surface area contributed by atoms with Crippen LogP contribution in [0.1, 0.15) is 30.9 Å². The zero-order valence-electron chi connectivity index (χ0n) is 20.1. The second-order valence-corrected chi connectivity index (χ2v) is 10.1. The molecule has 0 radical (unpaired) electrons. The Balaban J connectivity index is 1.44. The van der Waals surface area contributed by atoms with Crippen LogP contribution in [0.5, 0.6) is 0 Å². The predicted molar refractivity (Wildman–Crippen MR) is 138 cm³/mol. The second-order valence-electron chi connectivity index (χ2n) is 9.13. The van der Waals surface area contributed by atoms with E-state index in [0.29, 0.717) is 17.5 Å².